The fourth-order valence-electron chi connectivity index (χ4n) is 3.18. The molecule has 7 heteroatoms. The molecular weight excluding hydrogens is 389 g/mol. The van der Waals surface area contributed by atoms with Gasteiger partial charge in [0.2, 0.25) is 5.91 Å². The van der Waals surface area contributed by atoms with Gasteiger partial charge in [0.15, 0.2) is 0 Å². The van der Waals surface area contributed by atoms with Crippen LogP contribution in [0.5, 0.6) is 0 Å². The number of nitrogens with zero attached hydrogens (tertiary/aromatic N) is 2. The van der Waals surface area contributed by atoms with E-state index in [4.69, 9.17) is 11.6 Å². The van der Waals surface area contributed by atoms with Gasteiger partial charge < -0.3 is 9.80 Å². The summed E-state index contributed by atoms with van der Waals surface area (Å²) >= 11 is 6.08. The first kappa shape index (κ1) is 20.3. The van der Waals surface area contributed by atoms with Crippen molar-refractivity contribution in [2.24, 2.45) is 0 Å². The third kappa shape index (κ3) is 4.87. The minimum Gasteiger partial charge on any atom is -0.368 e. The zero-order valence-corrected chi connectivity index (χ0v) is 16.1. The average molecular weight is 409 g/mol. The van der Waals surface area contributed by atoms with E-state index in [2.05, 4.69) is 4.90 Å². The summed E-state index contributed by atoms with van der Waals surface area (Å²) in [6.45, 7) is 4.44. The Morgan fingerprint density at radius 2 is 1.79 bits per heavy atom. The molecule has 0 unspecified atom stereocenters. The molecule has 0 radical (unpaired) electrons. The zero-order chi connectivity index (χ0) is 20.3. The van der Waals surface area contributed by atoms with E-state index in [0.29, 0.717) is 36.8 Å². The highest BCUT2D eigenvalue weighted by Gasteiger charge is 2.30. The van der Waals surface area contributed by atoms with Gasteiger partial charge in [0.25, 0.3) is 0 Å². The van der Waals surface area contributed by atoms with E-state index in [0.717, 1.165) is 23.4 Å². The van der Waals surface area contributed by atoms with Crippen LogP contribution in [0.15, 0.2) is 48.5 Å². The number of anilines is 1. The van der Waals surface area contributed by atoms with Gasteiger partial charge in [-0.05, 0) is 48.4 Å². The Kier molecular flexibility index (Phi) is 5.98. The van der Waals surface area contributed by atoms with Crippen LogP contribution < -0.4 is 4.90 Å². The predicted molar refractivity (Wildman–Crippen MR) is 105 cm³/mol. The van der Waals surface area contributed by atoms with Crippen molar-refractivity contribution in [1.82, 2.24) is 4.90 Å². The first-order valence-corrected chi connectivity index (χ1v) is 9.27. The van der Waals surface area contributed by atoms with Gasteiger partial charge in [-0.15, -0.1) is 0 Å². The van der Waals surface area contributed by atoms with Gasteiger partial charge in [-0.2, -0.15) is 13.2 Å². The average Bonchev–Trinajstić information content (AvgIpc) is 2.68. The second kappa shape index (κ2) is 8.27. The Bertz CT molecular complexity index is 887. The highest BCUT2D eigenvalue weighted by Crippen LogP contribution is 2.30. The summed E-state index contributed by atoms with van der Waals surface area (Å²) in [6.07, 6.45) is -1.65. The number of piperazine rings is 1. The molecule has 2 aromatic rings. The summed E-state index contributed by atoms with van der Waals surface area (Å²) in [5.41, 5.74) is 1.79. The summed E-state index contributed by atoms with van der Waals surface area (Å²) in [6, 6.07) is 10.6. The quantitative estimate of drug-likeness (QED) is 0.665. The maximum absolute atomic E-state index is 12.8. The molecule has 1 aliphatic rings. The van der Waals surface area contributed by atoms with E-state index in [9.17, 15) is 18.0 Å². The van der Waals surface area contributed by atoms with Crippen LogP contribution in [0, 0.1) is 6.92 Å². The monoisotopic (exact) mass is 408 g/mol. The van der Waals surface area contributed by atoms with Crippen molar-refractivity contribution in [2.45, 2.75) is 13.1 Å². The lowest BCUT2D eigenvalue weighted by Crippen LogP contribution is -2.48. The molecule has 1 heterocycles. The van der Waals surface area contributed by atoms with Crippen LogP contribution in [0.4, 0.5) is 18.9 Å². The van der Waals surface area contributed by atoms with E-state index in [1.165, 1.54) is 18.2 Å². The van der Waals surface area contributed by atoms with Crippen LogP contribution in [0.3, 0.4) is 0 Å². The predicted octanol–water partition coefficient (Wildman–Crippen LogP) is 5.03. The number of hydrogen-bond acceptors (Lipinski definition) is 2. The van der Waals surface area contributed by atoms with E-state index >= 15 is 0 Å². The number of aryl methyl sites for hydroxylation is 1. The molecule has 3 rings (SSSR count). The summed E-state index contributed by atoms with van der Waals surface area (Å²) in [4.78, 5) is 16.3. The molecule has 28 heavy (non-hydrogen) atoms. The third-order valence-corrected chi connectivity index (χ3v) is 4.97. The SMILES string of the molecule is Cc1ccc(Cl)cc1N1CCN(C(=O)/C=C/c2cccc(C(F)(F)F)c2)CC1. The molecule has 0 N–H and O–H groups in total. The summed E-state index contributed by atoms with van der Waals surface area (Å²) in [7, 11) is 0. The van der Waals surface area contributed by atoms with Crippen LogP contribution in [-0.4, -0.2) is 37.0 Å². The highest BCUT2D eigenvalue weighted by atomic mass is 35.5. The summed E-state index contributed by atoms with van der Waals surface area (Å²) < 4.78 is 38.3. The maximum atomic E-state index is 12.8. The summed E-state index contributed by atoms with van der Waals surface area (Å²) in [5.74, 6) is -0.208. The normalized spacial score (nSPS) is 15.3. The van der Waals surface area contributed by atoms with Gasteiger partial charge in [-0.25, -0.2) is 0 Å². The van der Waals surface area contributed by atoms with E-state index in [1.807, 2.05) is 25.1 Å². The second-order valence-electron chi connectivity index (χ2n) is 6.70. The Morgan fingerprint density at radius 1 is 1.07 bits per heavy atom. The Hall–Kier alpha value is -2.47. The molecule has 1 fully saturated rings. The first-order valence-electron chi connectivity index (χ1n) is 8.89. The number of carbonyl (C=O) groups excluding carboxylic acids is 1. The highest BCUT2D eigenvalue weighted by molar-refractivity contribution is 6.30. The van der Waals surface area contributed by atoms with Crippen LogP contribution in [0.25, 0.3) is 6.08 Å². The van der Waals surface area contributed by atoms with Crippen LogP contribution >= 0.6 is 11.6 Å². The van der Waals surface area contributed by atoms with Crippen molar-refractivity contribution in [2.75, 3.05) is 31.1 Å². The zero-order valence-electron chi connectivity index (χ0n) is 15.3. The van der Waals surface area contributed by atoms with Crippen molar-refractivity contribution in [3.05, 3.63) is 70.3 Å². The molecule has 0 aliphatic carbocycles. The molecule has 1 aliphatic heterocycles. The number of halogens is 4. The molecule has 148 valence electrons. The lowest BCUT2D eigenvalue weighted by atomic mass is 10.1. The van der Waals surface area contributed by atoms with Crippen LogP contribution in [0.1, 0.15) is 16.7 Å². The van der Waals surface area contributed by atoms with Gasteiger partial charge in [0.05, 0.1) is 5.56 Å². The van der Waals surface area contributed by atoms with E-state index in [1.54, 1.807) is 11.0 Å². The second-order valence-corrected chi connectivity index (χ2v) is 7.14. The number of amides is 1. The number of hydrogen-bond donors (Lipinski definition) is 0. The maximum Gasteiger partial charge on any atom is 0.416 e. The smallest absolute Gasteiger partial charge is 0.368 e. The minimum atomic E-state index is -4.40. The Balaban J connectivity index is 1.61. The Morgan fingerprint density at radius 3 is 2.46 bits per heavy atom. The summed E-state index contributed by atoms with van der Waals surface area (Å²) in [5, 5.41) is 0.670. The van der Waals surface area contributed by atoms with Crippen molar-refractivity contribution in [1.29, 1.82) is 0 Å². The molecule has 2 aromatic carbocycles. The molecule has 0 bridgehead atoms. The largest absolute Gasteiger partial charge is 0.416 e. The fraction of sp³-hybridized carbons (Fsp3) is 0.286. The minimum absolute atomic E-state index is 0.208. The van der Waals surface area contributed by atoms with Gasteiger partial charge in [0.1, 0.15) is 0 Å². The number of benzene rings is 2. The molecule has 0 spiro atoms. The molecular formula is C21H20ClF3N2O. The van der Waals surface area contributed by atoms with Crippen molar-refractivity contribution >= 4 is 29.3 Å². The fourth-order valence-corrected chi connectivity index (χ4v) is 3.35. The van der Waals surface area contributed by atoms with Crippen molar-refractivity contribution in [3.63, 3.8) is 0 Å². The van der Waals surface area contributed by atoms with Gasteiger partial charge >= 0.3 is 6.18 Å². The standard InChI is InChI=1S/C21H20ClF3N2O/c1-15-5-7-18(22)14-19(15)26-9-11-27(12-10-26)20(28)8-6-16-3-2-4-17(13-16)21(23,24)25/h2-8,13-14H,9-12H2,1H3/b8-6+. The number of alkyl halides is 3. The lowest BCUT2D eigenvalue weighted by molar-refractivity contribution is -0.137. The van der Waals surface area contributed by atoms with Crippen LogP contribution in [-0.2, 0) is 11.0 Å². The molecule has 0 saturated carbocycles. The van der Waals surface area contributed by atoms with Gasteiger partial charge in [-0.1, -0.05) is 29.8 Å². The van der Waals surface area contributed by atoms with Crippen LogP contribution in [0.2, 0.25) is 5.02 Å². The number of rotatable bonds is 3. The molecule has 1 saturated heterocycles. The molecule has 1 amide bonds. The van der Waals surface area contributed by atoms with E-state index < -0.39 is 11.7 Å². The topological polar surface area (TPSA) is 23.6 Å². The van der Waals surface area contributed by atoms with Gasteiger partial charge in [0, 0.05) is 43.0 Å². The molecule has 3 nitrogen and oxygen atoms in total. The third-order valence-electron chi connectivity index (χ3n) is 4.74. The van der Waals surface area contributed by atoms with Crippen molar-refractivity contribution in [3.8, 4) is 0 Å². The first-order chi connectivity index (χ1) is 13.2. The number of carbonyl (C=O) groups is 1. The van der Waals surface area contributed by atoms with Gasteiger partial charge in [-0.3, -0.25) is 4.79 Å². The Labute approximate surface area is 167 Å². The molecule has 0 aromatic heterocycles. The van der Waals surface area contributed by atoms with Crippen molar-refractivity contribution < 1.29 is 18.0 Å². The lowest BCUT2D eigenvalue weighted by Gasteiger charge is -2.36. The molecule has 0 atom stereocenters. The van der Waals surface area contributed by atoms with E-state index in [-0.39, 0.29) is 5.91 Å².